The average molecular weight is 319 g/mol. The Bertz CT molecular complexity index is 526. The van der Waals surface area contributed by atoms with E-state index in [2.05, 4.69) is 6.92 Å². The van der Waals surface area contributed by atoms with Crippen LogP contribution in [0.3, 0.4) is 0 Å². The van der Waals surface area contributed by atoms with Gasteiger partial charge in [-0.05, 0) is 43.4 Å². The van der Waals surface area contributed by atoms with E-state index in [0.717, 1.165) is 24.2 Å². The number of rotatable bonds is 7. The highest BCUT2D eigenvalue weighted by Crippen LogP contribution is 2.18. The van der Waals surface area contributed by atoms with Crippen molar-refractivity contribution in [2.45, 2.75) is 39.0 Å². The van der Waals surface area contributed by atoms with Gasteiger partial charge in [-0.2, -0.15) is 0 Å². The van der Waals surface area contributed by atoms with Gasteiger partial charge in [0.05, 0.1) is 12.5 Å². The third-order valence-corrected chi connectivity index (χ3v) is 4.15. The summed E-state index contributed by atoms with van der Waals surface area (Å²) in [5.74, 6) is -0.322. The largest absolute Gasteiger partial charge is 0.494 e. The van der Waals surface area contributed by atoms with Gasteiger partial charge < -0.3 is 14.7 Å². The Kier molecular flexibility index (Phi) is 6.44. The van der Waals surface area contributed by atoms with E-state index in [1.165, 1.54) is 0 Å². The molecule has 1 N–H and O–H groups in total. The molecule has 1 aliphatic heterocycles. The summed E-state index contributed by atoms with van der Waals surface area (Å²) in [5, 5.41) is 9.08. The topological polar surface area (TPSA) is 66.8 Å². The molecule has 23 heavy (non-hydrogen) atoms. The van der Waals surface area contributed by atoms with Crippen LogP contribution in [0.1, 0.15) is 38.2 Å². The van der Waals surface area contributed by atoms with E-state index in [9.17, 15) is 9.59 Å². The highest BCUT2D eigenvalue weighted by molar-refractivity contribution is 5.78. The highest BCUT2D eigenvalue weighted by atomic mass is 16.5. The zero-order valence-corrected chi connectivity index (χ0v) is 13.7. The maximum absolute atomic E-state index is 12.3. The third kappa shape index (κ3) is 5.27. The van der Waals surface area contributed by atoms with Gasteiger partial charge in [0.1, 0.15) is 5.75 Å². The summed E-state index contributed by atoms with van der Waals surface area (Å²) in [4.78, 5) is 25.0. The quantitative estimate of drug-likeness (QED) is 0.839. The lowest BCUT2D eigenvalue weighted by Gasteiger charge is -2.30. The lowest BCUT2D eigenvalue weighted by atomic mass is 9.97. The van der Waals surface area contributed by atoms with Gasteiger partial charge >= 0.3 is 5.97 Å². The Morgan fingerprint density at radius 2 is 2.04 bits per heavy atom. The molecule has 2 rings (SSSR count). The van der Waals surface area contributed by atoms with Crippen molar-refractivity contribution in [2.24, 2.45) is 5.92 Å². The Balaban J connectivity index is 1.80. The molecule has 0 spiro atoms. The molecule has 0 bridgehead atoms. The molecule has 1 aliphatic rings. The van der Waals surface area contributed by atoms with E-state index in [4.69, 9.17) is 9.84 Å². The maximum atomic E-state index is 12.3. The van der Waals surface area contributed by atoms with Gasteiger partial charge in [-0.3, -0.25) is 9.59 Å². The number of carbonyl (C=O) groups excluding carboxylic acids is 1. The third-order valence-electron chi connectivity index (χ3n) is 4.15. The Morgan fingerprint density at radius 3 is 2.70 bits per heavy atom. The predicted octanol–water partition coefficient (Wildman–Crippen LogP) is 2.73. The number of benzene rings is 1. The second-order valence-electron chi connectivity index (χ2n) is 6.01. The van der Waals surface area contributed by atoms with E-state index in [-0.39, 0.29) is 5.91 Å². The van der Waals surface area contributed by atoms with Crippen molar-refractivity contribution >= 4 is 11.9 Å². The summed E-state index contributed by atoms with van der Waals surface area (Å²) >= 11 is 0. The predicted molar refractivity (Wildman–Crippen MR) is 87.5 cm³/mol. The fourth-order valence-corrected chi connectivity index (χ4v) is 2.79. The molecule has 0 aromatic heterocycles. The van der Waals surface area contributed by atoms with Crippen LogP contribution in [0.25, 0.3) is 0 Å². The molecule has 5 heteroatoms. The molecule has 0 saturated carbocycles. The van der Waals surface area contributed by atoms with Crippen molar-refractivity contribution in [3.05, 3.63) is 29.8 Å². The molecule has 1 aromatic rings. The van der Waals surface area contributed by atoms with Crippen LogP contribution in [-0.4, -0.2) is 41.6 Å². The van der Waals surface area contributed by atoms with Gasteiger partial charge in [0.2, 0.25) is 5.91 Å². The number of likely N-dealkylation sites (tertiary alicyclic amines) is 1. The van der Waals surface area contributed by atoms with Gasteiger partial charge in [0.15, 0.2) is 0 Å². The Labute approximate surface area is 137 Å². The number of ether oxygens (including phenoxy) is 1. The number of hydrogen-bond acceptors (Lipinski definition) is 3. The van der Waals surface area contributed by atoms with Crippen molar-refractivity contribution < 1.29 is 19.4 Å². The number of aliphatic carboxylic acids is 1. The molecule has 1 fully saturated rings. The van der Waals surface area contributed by atoms with Crippen molar-refractivity contribution in [3.8, 4) is 5.75 Å². The number of hydrogen-bond donors (Lipinski definition) is 1. The molecule has 0 radical (unpaired) electrons. The number of aryl methyl sites for hydroxylation is 1. The van der Waals surface area contributed by atoms with Crippen LogP contribution in [0.15, 0.2) is 24.3 Å². The summed E-state index contributed by atoms with van der Waals surface area (Å²) in [6.07, 6.45) is 3.50. The number of carbonyl (C=O) groups is 2. The van der Waals surface area contributed by atoms with Crippen molar-refractivity contribution in [1.29, 1.82) is 0 Å². The fourth-order valence-electron chi connectivity index (χ4n) is 2.79. The van der Waals surface area contributed by atoms with Crippen LogP contribution < -0.4 is 4.74 Å². The molecule has 1 atom stereocenters. The zero-order valence-electron chi connectivity index (χ0n) is 13.7. The lowest BCUT2D eigenvalue weighted by Crippen LogP contribution is -2.42. The van der Waals surface area contributed by atoms with Crippen LogP contribution >= 0.6 is 0 Å². The monoisotopic (exact) mass is 319 g/mol. The number of nitrogens with zero attached hydrogens (tertiary/aromatic N) is 1. The molecule has 1 saturated heterocycles. The van der Waals surface area contributed by atoms with Gasteiger partial charge in [-0.25, -0.2) is 0 Å². The van der Waals surface area contributed by atoms with Crippen LogP contribution in [0.5, 0.6) is 5.75 Å². The van der Waals surface area contributed by atoms with Crippen LogP contribution in [0.4, 0.5) is 0 Å². The second-order valence-corrected chi connectivity index (χ2v) is 6.01. The van der Waals surface area contributed by atoms with Gasteiger partial charge in [-0.15, -0.1) is 0 Å². The van der Waals surface area contributed by atoms with E-state index < -0.39 is 11.9 Å². The molecule has 1 heterocycles. The molecule has 126 valence electrons. The smallest absolute Gasteiger partial charge is 0.308 e. The molecule has 0 unspecified atom stereocenters. The summed E-state index contributed by atoms with van der Waals surface area (Å²) in [5.41, 5.74) is 1.09. The minimum absolute atomic E-state index is 0.0438. The van der Waals surface area contributed by atoms with Gasteiger partial charge in [0.25, 0.3) is 0 Å². The first-order chi connectivity index (χ1) is 11.1. The summed E-state index contributed by atoms with van der Waals surface area (Å²) in [6.45, 7) is 3.79. The van der Waals surface area contributed by atoms with Crippen molar-refractivity contribution in [1.82, 2.24) is 4.90 Å². The second kappa shape index (κ2) is 8.56. The van der Waals surface area contributed by atoms with Crippen molar-refractivity contribution in [2.75, 3.05) is 19.7 Å². The minimum atomic E-state index is -0.801. The lowest BCUT2D eigenvalue weighted by molar-refractivity contribution is -0.145. The van der Waals surface area contributed by atoms with Crippen LogP contribution in [-0.2, 0) is 16.0 Å². The molecular formula is C18H25NO4. The van der Waals surface area contributed by atoms with E-state index >= 15 is 0 Å². The first-order valence-electron chi connectivity index (χ1n) is 8.32. The minimum Gasteiger partial charge on any atom is -0.494 e. The normalized spacial score (nSPS) is 17.8. The van der Waals surface area contributed by atoms with Gasteiger partial charge in [0, 0.05) is 19.5 Å². The number of carboxylic acid groups (broad SMARTS) is 1. The van der Waals surface area contributed by atoms with E-state index in [0.29, 0.717) is 39.0 Å². The summed E-state index contributed by atoms with van der Waals surface area (Å²) in [6, 6.07) is 7.82. The number of piperidine rings is 1. The molecule has 5 nitrogen and oxygen atoms in total. The van der Waals surface area contributed by atoms with Gasteiger partial charge in [-0.1, -0.05) is 19.1 Å². The first-order valence-corrected chi connectivity index (χ1v) is 8.32. The zero-order chi connectivity index (χ0) is 16.7. The molecule has 0 aliphatic carbocycles. The van der Waals surface area contributed by atoms with Crippen LogP contribution in [0.2, 0.25) is 0 Å². The number of amides is 1. The fraction of sp³-hybridized carbons (Fsp3) is 0.556. The molecular weight excluding hydrogens is 294 g/mol. The Hall–Kier alpha value is -2.04. The molecule has 1 aromatic carbocycles. The standard InChI is InChI=1S/C18H25NO4/c1-2-12-23-16-8-5-14(6-9-16)7-10-17(20)19-11-3-4-15(13-19)18(21)22/h5-6,8-9,15H,2-4,7,10-13H2,1H3,(H,21,22)/t15-/m0/s1. The number of carboxylic acids is 1. The first kappa shape index (κ1) is 17.3. The van der Waals surface area contributed by atoms with Crippen LogP contribution in [0, 0.1) is 5.92 Å². The molecule has 1 amide bonds. The highest BCUT2D eigenvalue weighted by Gasteiger charge is 2.27. The summed E-state index contributed by atoms with van der Waals surface area (Å²) in [7, 11) is 0. The van der Waals surface area contributed by atoms with E-state index in [1.54, 1.807) is 4.90 Å². The Morgan fingerprint density at radius 1 is 1.30 bits per heavy atom. The maximum Gasteiger partial charge on any atom is 0.308 e. The van der Waals surface area contributed by atoms with Crippen molar-refractivity contribution in [3.63, 3.8) is 0 Å². The SMILES string of the molecule is CCCOc1ccc(CCC(=O)N2CCC[C@H](C(=O)O)C2)cc1. The average Bonchev–Trinajstić information content (AvgIpc) is 2.58. The van der Waals surface area contributed by atoms with E-state index in [1.807, 2.05) is 24.3 Å². The summed E-state index contributed by atoms with van der Waals surface area (Å²) < 4.78 is 5.53.